The van der Waals surface area contributed by atoms with E-state index in [2.05, 4.69) is 22.4 Å². The van der Waals surface area contributed by atoms with Crippen LogP contribution in [0.3, 0.4) is 0 Å². The summed E-state index contributed by atoms with van der Waals surface area (Å²) in [5.74, 6) is 0.606. The fraction of sp³-hybridized carbons (Fsp3) is 0.714. The molecular weight excluding hydrogens is 242 g/mol. The molecule has 0 atom stereocenters. The van der Waals surface area contributed by atoms with Crippen molar-refractivity contribution >= 4 is 5.91 Å². The van der Waals surface area contributed by atoms with Crippen LogP contribution < -0.4 is 5.32 Å². The summed E-state index contributed by atoms with van der Waals surface area (Å²) in [7, 11) is 2.10. The Bertz CT molecular complexity index is 440. The topological polar surface area (TPSA) is 58.4 Å². The smallest absolute Gasteiger partial charge is 0.273 e. The van der Waals surface area contributed by atoms with Crippen LogP contribution in [-0.4, -0.2) is 42.1 Å². The third-order valence-electron chi connectivity index (χ3n) is 3.54. The first kappa shape index (κ1) is 14.1. The lowest BCUT2D eigenvalue weighted by molar-refractivity contribution is 0.0907. The molecule has 1 fully saturated rings. The highest BCUT2D eigenvalue weighted by atomic mass is 16.5. The van der Waals surface area contributed by atoms with Crippen molar-refractivity contribution in [3.05, 3.63) is 17.5 Å². The maximum atomic E-state index is 12.1. The minimum atomic E-state index is -0.131. The van der Waals surface area contributed by atoms with Crippen LogP contribution in [-0.2, 0) is 5.41 Å². The summed E-state index contributed by atoms with van der Waals surface area (Å²) in [5.41, 5.74) is 0.253. The zero-order valence-corrected chi connectivity index (χ0v) is 12.2. The van der Waals surface area contributed by atoms with Crippen molar-refractivity contribution in [2.45, 2.75) is 45.1 Å². The van der Waals surface area contributed by atoms with E-state index in [1.165, 1.54) is 0 Å². The van der Waals surface area contributed by atoms with Gasteiger partial charge in [-0.15, -0.1) is 0 Å². The molecule has 2 heterocycles. The van der Waals surface area contributed by atoms with Gasteiger partial charge in [0.1, 0.15) is 5.76 Å². The molecule has 0 unspecified atom stereocenters. The molecule has 5 nitrogen and oxygen atoms in total. The van der Waals surface area contributed by atoms with Crippen molar-refractivity contribution in [1.82, 2.24) is 15.4 Å². The van der Waals surface area contributed by atoms with Gasteiger partial charge in [-0.3, -0.25) is 4.79 Å². The Hall–Kier alpha value is -1.36. The number of piperidine rings is 1. The number of carbonyl (C=O) groups excluding carboxylic acids is 1. The zero-order chi connectivity index (χ0) is 14.0. The number of amides is 1. The highest BCUT2D eigenvalue weighted by Gasteiger charge is 2.24. The first-order valence-corrected chi connectivity index (χ1v) is 6.83. The lowest BCUT2D eigenvalue weighted by atomic mass is 9.93. The van der Waals surface area contributed by atoms with E-state index < -0.39 is 0 Å². The second-order valence-corrected chi connectivity index (χ2v) is 6.38. The number of hydrogen-bond acceptors (Lipinski definition) is 4. The van der Waals surface area contributed by atoms with E-state index in [4.69, 9.17) is 4.52 Å². The summed E-state index contributed by atoms with van der Waals surface area (Å²) >= 11 is 0. The summed E-state index contributed by atoms with van der Waals surface area (Å²) in [6, 6.07) is 1.99. The van der Waals surface area contributed by atoms with E-state index in [0.717, 1.165) is 31.7 Å². The molecule has 1 N–H and O–H groups in total. The molecule has 5 heteroatoms. The van der Waals surface area contributed by atoms with E-state index >= 15 is 0 Å². The van der Waals surface area contributed by atoms with Crippen LogP contribution in [0.25, 0.3) is 0 Å². The van der Waals surface area contributed by atoms with Crippen molar-refractivity contribution in [1.29, 1.82) is 0 Å². The lowest BCUT2D eigenvalue weighted by Crippen LogP contribution is -2.43. The lowest BCUT2D eigenvalue weighted by Gasteiger charge is -2.29. The van der Waals surface area contributed by atoms with Crippen molar-refractivity contribution in [3.8, 4) is 0 Å². The summed E-state index contributed by atoms with van der Waals surface area (Å²) in [6.07, 6.45) is 1.98. The molecular formula is C14H23N3O2. The number of likely N-dealkylation sites (tertiary alicyclic amines) is 1. The first-order chi connectivity index (χ1) is 8.86. The standard InChI is InChI=1S/C14H23N3O2/c1-14(2,3)12-9-11(16-19-12)13(18)15-10-5-7-17(4)8-6-10/h9-10H,5-8H2,1-4H3,(H,15,18). The first-order valence-electron chi connectivity index (χ1n) is 6.83. The normalized spacial score (nSPS) is 18.5. The summed E-state index contributed by atoms with van der Waals surface area (Å²) in [5, 5.41) is 6.90. The molecule has 1 aliphatic heterocycles. The van der Waals surface area contributed by atoms with Gasteiger partial charge in [-0.25, -0.2) is 0 Å². The third-order valence-corrected chi connectivity index (χ3v) is 3.54. The highest BCUT2D eigenvalue weighted by molar-refractivity contribution is 5.92. The molecule has 106 valence electrons. The molecule has 1 amide bonds. The predicted molar refractivity (Wildman–Crippen MR) is 73.2 cm³/mol. The molecule has 0 spiro atoms. The van der Waals surface area contributed by atoms with E-state index in [1.54, 1.807) is 6.07 Å². The van der Waals surface area contributed by atoms with E-state index in [0.29, 0.717) is 5.69 Å². The molecule has 1 aromatic rings. The van der Waals surface area contributed by atoms with Crippen LogP contribution in [0.4, 0.5) is 0 Å². The van der Waals surface area contributed by atoms with Crippen LogP contribution in [0, 0.1) is 0 Å². The molecule has 0 aliphatic carbocycles. The molecule has 1 saturated heterocycles. The van der Waals surface area contributed by atoms with Crippen LogP contribution in [0.1, 0.15) is 49.9 Å². The molecule has 19 heavy (non-hydrogen) atoms. The van der Waals surface area contributed by atoms with Gasteiger partial charge in [-0.2, -0.15) is 0 Å². The Labute approximate surface area is 114 Å². The minimum Gasteiger partial charge on any atom is -0.360 e. The van der Waals surface area contributed by atoms with Crippen molar-refractivity contribution in [2.75, 3.05) is 20.1 Å². The predicted octanol–water partition coefficient (Wildman–Crippen LogP) is 1.80. The maximum absolute atomic E-state index is 12.1. The second-order valence-electron chi connectivity index (χ2n) is 6.38. The Morgan fingerprint density at radius 2 is 2.05 bits per heavy atom. The largest absolute Gasteiger partial charge is 0.360 e. The summed E-state index contributed by atoms with van der Waals surface area (Å²) in [4.78, 5) is 14.4. The maximum Gasteiger partial charge on any atom is 0.273 e. The Kier molecular flexibility index (Phi) is 3.94. The van der Waals surface area contributed by atoms with Gasteiger partial charge in [0.25, 0.3) is 5.91 Å². The van der Waals surface area contributed by atoms with Gasteiger partial charge >= 0.3 is 0 Å². The van der Waals surface area contributed by atoms with E-state index in [9.17, 15) is 4.79 Å². The molecule has 0 radical (unpaired) electrons. The van der Waals surface area contributed by atoms with Gasteiger partial charge < -0.3 is 14.7 Å². The van der Waals surface area contributed by atoms with Crippen LogP contribution in [0.15, 0.2) is 10.6 Å². The fourth-order valence-electron chi connectivity index (χ4n) is 2.15. The van der Waals surface area contributed by atoms with Gasteiger partial charge in [-0.05, 0) is 33.0 Å². The van der Waals surface area contributed by atoms with Crippen LogP contribution in [0.2, 0.25) is 0 Å². The molecule has 1 aromatic heterocycles. The Morgan fingerprint density at radius 1 is 1.42 bits per heavy atom. The van der Waals surface area contributed by atoms with Gasteiger partial charge in [0.2, 0.25) is 0 Å². The number of rotatable bonds is 2. The number of carbonyl (C=O) groups is 1. The van der Waals surface area contributed by atoms with Crippen LogP contribution >= 0.6 is 0 Å². The second kappa shape index (κ2) is 5.33. The van der Waals surface area contributed by atoms with Gasteiger partial charge in [0.05, 0.1) is 0 Å². The fourth-order valence-corrected chi connectivity index (χ4v) is 2.15. The van der Waals surface area contributed by atoms with Crippen molar-refractivity contribution in [3.63, 3.8) is 0 Å². The van der Waals surface area contributed by atoms with E-state index in [-0.39, 0.29) is 17.4 Å². The monoisotopic (exact) mass is 265 g/mol. The zero-order valence-electron chi connectivity index (χ0n) is 12.2. The Balaban J connectivity index is 1.95. The van der Waals surface area contributed by atoms with E-state index in [1.807, 2.05) is 20.8 Å². The van der Waals surface area contributed by atoms with Crippen LogP contribution in [0.5, 0.6) is 0 Å². The molecule has 0 bridgehead atoms. The molecule has 2 rings (SSSR count). The minimum absolute atomic E-state index is 0.126. The van der Waals surface area contributed by atoms with Crippen molar-refractivity contribution in [2.24, 2.45) is 0 Å². The number of aromatic nitrogens is 1. The molecule has 0 aromatic carbocycles. The number of nitrogens with one attached hydrogen (secondary N) is 1. The highest BCUT2D eigenvalue weighted by Crippen LogP contribution is 2.22. The van der Waals surface area contributed by atoms with Crippen molar-refractivity contribution < 1.29 is 9.32 Å². The van der Waals surface area contributed by atoms with Gasteiger partial charge in [-0.1, -0.05) is 25.9 Å². The number of nitrogens with zero attached hydrogens (tertiary/aromatic N) is 2. The summed E-state index contributed by atoms with van der Waals surface area (Å²) in [6.45, 7) is 8.15. The SMILES string of the molecule is CN1CCC(NC(=O)c2cc(C(C)(C)C)on2)CC1. The average Bonchev–Trinajstić information content (AvgIpc) is 2.81. The Morgan fingerprint density at radius 3 is 2.58 bits per heavy atom. The third kappa shape index (κ3) is 3.56. The molecule has 0 saturated carbocycles. The number of hydrogen-bond donors (Lipinski definition) is 1. The quantitative estimate of drug-likeness (QED) is 0.886. The summed E-state index contributed by atoms with van der Waals surface area (Å²) < 4.78 is 5.24. The molecule has 1 aliphatic rings. The van der Waals surface area contributed by atoms with Gasteiger partial charge in [0.15, 0.2) is 5.69 Å². The van der Waals surface area contributed by atoms with Gasteiger partial charge in [0, 0.05) is 17.5 Å². The average molecular weight is 265 g/mol.